The van der Waals surface area contributed by atoms with E-state index in [1.54, 1.807) is 6.92 Å². The van der Waals surface area contributed by atoms with E-state index in [-0.39, 0.29) is 5.91 Å². The van der Waals surface area contributed by atoms with Gasteiger partial charge in [-0.15, -0.1) is 6.42 Å². The molecule has 0 spiro atoms. The predicted molar refractivity (Wildman–Crippen MR) is 116 cm³/mol. The Kier molecular flexibility index (Phi) is 7.23. The minimum Gasteiger partial charge on any atom is -0.322 e. The van der Waals surface area contributed by atoms with Gasteiger partial charge in [0.05, 0.1) is 2.91 Å². The van der Waals surface area contributed by atoms with E-state index < -0.39 is 0 Å². The lowest BCUT2D eigenvalue weighted by Crippen LogP contribution is -2.13. The van der Waals surface area contributed by atoms with Gasteiger partial charge >= 0.3 is 0 Å². The maximum absolute atomic E-state index is 12.5. The number of halogens is 3. The molecule has 0 aliphatic carbocycles. The molecule has 0 aliphatic rings. The third-order valence-electron chi connectivity index (χ3n) is 3.18. The second-order valence-electron chi connectivity index (χ2n) is 4.74. The van der Waals surface area contributed by atoms with Gasteiger partial charge in [-0.2, -0.15) is 0 Å². The lowest BCUT2D eigenvalue weighted by atomic mass is 10.0. The van der Waals surface area contributed by atoms with Gasteiger partial charge in [0.1, 0.15) is 0 Å². The summed E-state index contributed by atoms with van der Waals surface area (Å²) in [6.45, 7) is 1.75. The Bertz CT molecular complexity index is 860. The fourth-order valence-electron chi connectivity index (χ4n) is 1.97. The van der Waals surface area contributed by atoms with Gasteiger partial charge in [0.25, 0.3) is 5.91 Å². The fraction of sp³-hybridized carbons (Fsp3) is 0.0556. The van der Waals surface area contributed by atoms with E-state index >= 15 is 0 Å². The summed E-state index contributed by atoms with van der Waals surface area (Å²) in [4.78, 5) is 12.5. The van der Waals surface area contributed by atoms with Crippen LogP contribution in [0.25, 0.3) is 11.1 Å². The van der Waals surface area contributed by atoms with Gasteiger partial charge < -0.3 is 5.32 Å². The van der Waals surface area contributed by atoms with E-state index in [4.69, 9.17) is 18.0 Å². The normalized spacial score (nSPS) is 11.5. The quantitative estimate of drug-likeness (QED) is 0.270. The molecule has 0 aliphatic heterocycles. The van der Waals surface area contributed by atoms with E-state index in [1.165, 1.54) is 11.8 Å². The van der Waals surface area contributed by atoms with Crippen molar-refractivity contribution in [2.24, 2.45) is 0 Å². The van der Waals surface area contributed by atoms with Crippen LogP contribution in [0.4, 0.5) is 5.69 Å². The van der Waals surface area contributed by atoms with Gasteiger partial charge in [-0.1, -0.05) is 51.8 Å². The van der Waals surface area contributed by atoms with Crippen molar-refractivity contribution in [1.29, 1.82) is 0 Å². The molecule has 1 N–H and O–H groups in total. The summed E-state index contributed by atoms with van der Waals surface area (Å²) >= 11 is 13.0. The SMILES string of the molecule is C#CS/C(I)=C(\C)C(=O)Nc1ccccc1-c1ccc(Br)cc1Cl. The minimum atomic E-state index is -0.192. The zero-order valence-corrected chi connectivity index (χ0v) is 17.9. The van der Waals surface area contributed by atoms with Crippen LogP contribution in [0.3, 0.4) is 0 Å². The number of terminal acetylenes is 1. The largest absolute Gasteiger partial charge is 0.322 e. The summed E-state index contributed by atoms with van der Waals surface area (Å²) < 4.78 is 1.67. The first-order chi connectivity index (χ1) is 11.4. The van der Waals surface area contributed by atoms with Crippen molar-refractivity contribution in [2.45, 2.75) is 6.92 Å². The molecule has 0 bridgehead atoms. The first-order valence-electron chi connectivity index (χ1n) is 6.78. The molecule has 0 aromatic heterocycles. The molecule has 0 heterocycles. The van der Waals surface area contributed by atoms with Crippen molar-refractivity contribution in [3.8, 4) is 22.8 Å². The molecule has 2 nitrogen and oxygen atoms in total. The Morgan fingerprint density at radius 3 is 2.67 bits per heavy atom. The highest BCUT2D eigenvalue weighted by molar-refractivity contribution is 14.1. The van der Waals surface area contributed by atoms with Crippen molar-refractivity contribution < 1.29 is 4.79 Å². The average molecular weight is 533 g/mol. The summed E-state index contributed by atoms with van der Waals surface area (Å²) in [5.41, 5.74) is 2.98. The number of carbonyl (C=O) groups is 1. The Labute approximate surface area is 172 Å². The van der Waals surface area contributed by atoms with Gasteiger partial charge in [0.2, 0.25) is 0 Å². The van der Waals surface area contributed by atoms with Crippen LogP contribution in [0, 0.1) is 11.7 Å². The molecule has 2 rings (SSSR count). The van der Waals surface area contributed by atoms with E-state index in [1.807, 2.05) is 42.5 Å². The second-order valence-corrected chi connectivity index (χ2v) is 8.72. The number of carbonyl (C=O) groups excluding carboxylic acids is 1. The molecule has 0 unspecified atom stereocenters. The smallest absolute Gasteiger partial charge is 0.252 e. The number of para-hydroxylation sites is 1. The Hall–Kier alpha value is -0.940. The molecular weight excluding hydrogens is 521 g/mol. The molecule has 1 amide bonds. The molecular formula is C18H12BrClINOS. The number of rotatable bonds is 4. The Morgan fingerprint density at radius 2 is 2.00 bits per heavy atom. The maximum atomic E-state index is 12.5. The van der Waals surface area contributed by atoms with Crippen molar-refractivity contribution >= 4 is 73.5 Å². The summed E-state index contributed by atoms with van der Waals surface area (Å²) in [5, 5.41) is 6.01. The monoisotopic (exact) mass is 531 g/mol. The van der Waals surface area contributed by atoms with Crippen LogP contribution in [-0.2, 0) is 4.79 Å². The molecule has 2 aromatic carbocycles. The van der Waals surface area contributed by atoms with Crippen LogP contribution in [-0.4, -0.2) is 5.91 Å². The van der Waals surface area contributed by atoms with Crippen molar-refractivity contribution in [1.82, 2.24) is 0 Å². The lowest BCUT2D eigenvalue weighted by molar-refractivity contribution is -0.112. The molecule has 0 saturated carbocycles. The topological polar surface area (TPSA) is 29.1 Å². The molecule has 24 heavy (non-hydrogen) atoms. The molecule has 0 radical (unpaired) electrons. The van der Waals surface area contributed by atoms with Crippen LogP contribution in [0.15, 0.2) is 55.4 Å². The first kappa shape index (κ1) is 19.4. The highest BCUT2D eigenvalue weighted by Crippen LogP contribution is 2.35. The van der Waals surface area contributed by atoms with Crippen LogP contribution in [0.5, 0.6) is 0 Å². The summed E-state index contributed by atoms with van der Waals surface area (Å²) in [6.07, 6.45) is 5.27. The van der Waals surface area contributed by atoms with Crippen LogP contribution in [0.1, 0.15) is 6.92 Å². The molecule has 0 fully saturated rings. The molecule has 6 heteroatoms. The number of anilines is 1. The van der Waals surface area contributed by atoms with E-state index in [0.29, 0.717) is 16.3 Å². The first-order valence-corrected chi connectivity index (χ1v) is 9.85. The average Bonchev–Trinajstić information content (AvgIpc) is 2.55. The zero-order valence-electron chi connectivity index (χ0n) is 12.6. The van der Waals surface area contributed by atoms with Gasteiger partial charge in [-0.3, -0.25) is 4.79 Å². The molecule has 0 saturated heterocycles. The van der Waals surface area contributed by atoms with Crippen LogP contribution < -0.4 is 5.32 Å². The van der Waals surface area contributed by atoms with Crippen LogP contribution in [0.2, 0.25) is 5.02 Å². The standard InChI is InChI=1S/C18H12BrClINOS/c1-3-24-17(21)11(2)18(23)22-16-7-5-4-6-14(16)13-9-8-12(19)10-15(13)20/h1,4-10H,2H3,(H,22,23)/b17-11+. The van der Waals surface area contributed by atoms with Gasteiger partial charge in [-0.05, 0) is 64.7 Å². The zero-order chi connectivity index (χ0) is 17.7. The number of amides is 1. The van der Waals surface area contributed by atoms with Crippen molar-refractivity contribution in [2.75, 3.05) is 5.32 Å². The van der Waals surface area contributed by atoms with Gasteiger partial charge in [-0.25, -0.2) is 0 Å². The minimum absolute atomic E-state index is 0.192. The van der Waals surface area contributed by atoms with Gasteiger partial charge in [0, 0.05) is 31.9 Å². The van der Waals surface area contributed by atoms with Crippen LogP contribution >= 0.6 is 61.9 Å². The van der Waals surface area contributed by atoms with Gasteiger partial charge in [0.15, 0.2) is 0 Å². The lowest BCUT2D eigenvalue weighted by Gasteiger charge is -2.13. The Balaban J connectivity index is 2.38. The highest BCUT2D eigenvalue weighted by atomic mass is 127. The number of hydrogen-bond acceptors (Lipinski definition) is 2. The summed E-state index contributed by atoms with van der Waals surface area (Å²) in [7, 11) is 0. The van der Waals surface area contributed by atoms with E-state index in [2.05, 4.69) is 49.1 Å². The van der Waals surface area contributed by atoms with E-state index in [9.17, 15) is 4.79 Å². The molecule has 122 valence electrons. The molecule has 0 atom stereocenters. The van der Waals surface area contributed by atoms with E-state index in [0.717, 1.165) is 18.5 Å². The highest BCUT2D eigenvalue weighted by Gasteiger charge is 2.14. The van der Waals surface area contributed by atoms with Crippen molar-refractivity contribution in [3.63, 3.8) is 0 Å². The third kappa shape index (κ3) is 4.79. The number of thioether (sulfide) groups is 1. The fourth-order valence-corrected chi connectivity index (χ4v) is 3.72. The third-order valence-corrected chi connectivity index (χ3v) is 6.06. The second kappa shape index (κ2) is 8.95. The maximum Gasteiger partial charge on any atom is 0.252 e. The molecule has 2 aromatic rings. The number of nitrogens with one attached hydrogen (secondary N) is 1. The Morgan fingerprint density at radius 1 is 1.29 bits per heavy atom. The number of benzene rings is 2. The van der Waals surface area contributed by atoms with Crippen molar-refractivity contribution in [3.05, 3.63) is 60.4 Å². The summed E-state index contributed by atoms with van der Waals surface area (Å²) in [5.74, 6) is -0.192. The predicted octanol–water partition coefficient (Wildman–Crippen LogP) is 6.70. The number of hydrogen-bond donors (Lipinski definition) is 1. The summed E-state index contributed by atoms with van der Waals surface area (Å²) in [6, 6.07) is 13.2.